The van der Waals surface area contributed by atoms with Crippen LogP contribution in [0, 0.1) is 12.7 Å². The number of halogens is 3. The number of ether oxygens (including phenoxy) is 1. The highest BCUT2D eigenvalue weighted by Gasteiger charge is 2.37. The molecule has 9 heteroatoms. The zero-order chi connectivity index (χ0) is 24.4. The second kappa shape index (κ2) is 9.67. The molecule has 0 unspecified atom stereocenters. The van der Waals surface area contributed by atoms with Crippen molar-refractivity contribution >= 4 is 52.8 Å². The maximum absolute atomic E-state index is 13.2. The second-order valence-corrected chi connectivity index (χ2v) is 8.28. The Labute approximate surface area is 204 Å². The highest BCUT2D eigenvalue weighted by atomic mass is 35.5. The smallest absolute Gasteiger partial charge is 0.335 e. The van der Waals surface area contributed by atoms with Crippen molar-refractivity contribution in [1.82, 2.24) is 5.32 Å². The van der Waals surface area contributed by atoms with Crippen molar-refractivity contribution in [2.45, 2.75) is 13.5 Å². The van der Waals surface area contributed by atoms with Gasteiger partial charge in [-0.25, -0.2) is 14.1 Å². The Bertz CT molecular complexity index is 1340. The summed E-state index contributed by atoms with van der Waals surface area (Å²) in [5, 5.41) is 2.90. The van der Waals surface area contributed by atoms with E-state index in [1.165, 1.54) is 24.3 Å². The predicted octanol–water partition coefficient (Wildman–Crippen LogP) is 5.69. The maximum atomic E-state index is 13.2. The van der Waals surface area contributed by atoms with Gasteiger partial charge in [0.2, 0.25) is 0 Å². The van der Waals surface area contributed by atoms with Crippen LogP contribution in [0.15, 0.2) is 66.2 Å². The Balaban J connectivity index is 1.69. The lowest BCUT2D eigenvalue weighted by atomic mass is 10.0. The van der Waals surface area contributed by atoms with Crippen molar-refractivity contribution in [3.8, 4) is 5.75 Å². The lowest BCUT2D eigenvalue weighted by molar-refractivity contribution is -0.122. The first kappa shape index (κ1) is 23.5. The van der Waals surface area contributed by atoms with Gasteiger partial charge in [-0.2, -0.15) is 0 Å². The largest absolute Gasteiger partial charge is 0.488 e. The minimum Gasteiger partial charge on any atom is -0.488 e. The Hall–Kier alpha value is -3.68. The molecule has 0 saturated carbocycles. The van der Waals surface area contributed by atoms with E-state index in [0.717, 1.165) is 10.5 Å². The quantitative estimate of drug-likeness (QED) is 0.362. The topological polar surface area (TPSA) is 75.7 Å². The molecule has 0 radical (unpaired) electrons. The van der Waals surface area contributed by atoms with E-state index in [4.69, 9.17) is 27.9 Å². The number of barbiturate groups is 1. The van der Waals surface area contributed by atoms with Crippen molar-refractivity contribution in [3.05, 3.63) is 98.8 Å². The molecule has 1 saturated heterocycles. The first-order valence-corrected chi connectivity index (χ1v) is 10.8. The van der Waals surface area contributed by atoms with E-state index < -0.39 is 17.8 Å². The van der Waals surface area contributed by atoms with E-state index in [0.29, 0.717) is 26.9 Å². The summed E-state index contributed by atoms with van der Waals surface area (Å²) in [5.74, 6) is -1.69. The van der Waals surface area contributed by atoms with E-state index in [9.17, 15) is 18.8 Å². The van der Waals surface area contributed by atoms with Crippen LogP contribution in [0.25, 0.3) is 6.08 Å². The molecule has 4 rings (SSSR count). The lowest BCUT2D eigenvalue weighted by Crippen LogP contribution is -2.54. The molecule has 0 spiro atoms. The van der Waals surface area contributed by atoms with Gasteiger partial charge in [-0.15, -0.1) is 0 Å². The van der Waals surface area contributed by atoms with Gasteiger partial charge in [0.05, 0.1) is 5.69 Å². The number of nitrogens with zero attached hydrogens (tertiary/aromatic N) is 1. The van der Waals surface area contributed by atoms with Gasteiger partial charge in [0.15, 0.2) is 0 Å². The number of nitrogens with one attached hydrogen (secondary N) is 1. The molecular formula is C25H17Cl2FN2O4. The number of urea groups is 1. The van der Waals surface area contributed by atoms with Crippen LogP contribution < -0.4 is 15.0 Å². The van der Waals surface area contributed by atoms with Crippen LogP contribution in [0.5, 0.6) is 5.75 Å². The highest BCUT2D eigenvalue weighted by Crippen LogP contribution is 2.31. The van der Waals surface area contributed by atoms with Gasteiger partial charge in [0.1, 0.15) is 23.7 Å². The Morgan fingerprint density at radius 2 is 1.76 bits per heavy atom. The van der Waals surface area contributed by atoms with E-state index in [1.54, 1.807) is 49.4 Å². The fraction of sp³-hybridized carbons (Fsp3) is 0.0800. The number of carbonyl (C=O) groups is 3. The molecule has 0 atom stereocenters. The number of hydrogen-bond donors (Lipinski definition) is 1. The number of benzene rings is 3. The van der Waals surface area contributed by atoms with Crippen molar-refractivity contribution in [1.29, 1.82) is 0 Å². The molecule has 1 aliphatic heterocycles. The van der Waals surface area contributed by atoms with Gasteiger partial charge in [0.25, 0.3) is 11.8 Å². The van der Waals surface area contributed by atoms with E-state index >= 15 is 0 Å². The fourth-order valence-corrected chi connectivity index (χ4v) is 3.73. The fourth-order valence-electron chi connectivity index (χ4n) is 3.38. The molecule has 4 amide bonds. The number of imide groups is 2. The lowest BCUT2D eigenvalue weighted by Gasteiger charge is -2.27. The summed E-state index contributed by atoms with van der Waals surface area (Å²) >= 11 is 12.3. The van der Waals surface area contributed by atoms with E-state index in [1.807, 2.05) is 0 Å². The van der Waals surface area contributed by atoms with Crippen LogP contribution in [0.2, 0.25) is 10.0 Å². The van der Waals surface area contributed by atoms with Crippen molar-refractivity contribution in [3.63, 3.8) is 0 Å². The van der Waals surface area contributed by atoms with E-state index in [2.05, 4.69) is 5.32 Å². The van der Waals surface area contributed by atoms with Crippen LogP contribution >= 0.6 is 23.2 Å². The molecule has 1 fully saturated rings. The van der Waals surface area contributed by atoms with Crippen molar-refractivity contribution in [2.24, 2.45) is 0 Å². The highest BCUT2D eigenvalue weighted by molar-refractivity contribution is 6.40. The van der Waals surface area contributed by atoms with Crippen LogP contribution in [0.4, 0.5) is 14.9 Å². The van der Waals surface area contributed by atoms with Gasteiger partial charge in [-0.1, -0.05) is 41.4 Å². The molecule has 0 aromatic heterocycles. The number of carbonyl (C=O) groups excluding carboxylic acids is 3. The zero-order valence-electron chi connectivity index (χ0n) is 17.8. The molecule has 1 aliphatic rings. The molecule has 3 aromatic rings. The van der Waals surface area contributed by atoms with Crippen LogP contribution in [-0.2, 0) is 16.2 Å². The molecule has 1 heterocycles. The number of hydrogen-bond acceptors (Lipinski definition) is 4. The molecule has 3 aromatic carbocycles. The predicted molar refractivity (Wildman–Crippen MR) is 127 cm³/mol. The summed E-state index contributed by atoms with van der Waals surface area (Å²) in [6.45, 7) is 1.78. The number of rotatable bonds is 5. The van der Waals surface area contributed by atoms with Gasteiger partial charge in [-0.3, -0.25) is 14.9 Å². The third-order valence-corrected chi connectivity index (χ3v) is 5.81. The Kier molecular flexibility index (Phi) is 6.68. The number of amides is 4. The monoisotopic (exact) mass is 498 g/mol. The van der Waals surface area contributed by atoms with Crippen LogP contribution in [-0.4, -0.2) is 17.8 Å². The van der Waals surface area contributed by atoms with Crippen LogP contribution in [0.3, 0.4) is 0 Å². The van der Waals surface area contributed by atoms with Gasteiger partial charge in [0, 0.05) is 15.6 Å². The third-order valence-electron chi connectivity index (χ3n) is 5.16. The summed E-state index contributed by atoms with van der Waals surface area (Å²) < 4.78 is 19.0. The maximum Gasteiger partial charge on any atom is 0.335 e. The summed E-state index contributed by atoms with van der Waals surface area (Å²) in [6, 6.07) is 14.4. The minimum atomic E-state index is -0.878. The van der Waals surface area contributed by atoms with Gasteiger partial charge >= 0.3 is 6.03 Å². The van der Waals surface area contributed by atoms with Crippen molar-refractivity contribution in [2.75, 3.05) is 4.90 Å². The molecule has 6 nitrogen and oxygen atoms in total. The first-order chi connectivity index (χ1) is 16.2. The average molecular weight is 499 g/mol. The zero-order valence-corrected chi connectivity index (χ0v) is 19.3. The first-order valence-electron chi connectivity index (χ1n) is 10.1. The average Bonchev–Trinajstić information content (AvgIpc) is 2.80. The minimum absolute atomic E-state index is 0.116. The normalized spacial score (nSPS) is 15.0. The Morgan fingerprint density at radius 1 is 1.03 bits per heavy atom. The molecule has 172 valence electrons. The molecule has 34 heavy (non-hydrogen) atoms. The van der Waals surface area contributed by atoms with E-state index in [-0.39, 0.29) is 23.7 Å². The number of anilines is 1. The third kappa shape index (κ3) is 4.81. The molecule has 0 bridgehead atoms. The Morgan fingerprint density at radius 3 is 2.50 bits per heavy atom. The molecule has 0 aliphatic carbocycles. The van der Waals surface area contributed by atoms with Gasteiger partial charge < -0.3 is 4.74 Å². The summed E-state index contributed by atoms with van der Waals surface area (Å²) in [4.78, 5) is 39.2. The molecule has 1 N–H and O–H groups in total. The second-order valence-electron chi connectivity index (χ2n) is 7.44. The standard InChI is InChI=1S/C25H17Cl2FN2O4/c1-14-20(27)3-2-4-21(14)30-24(32)19(23(31)29-25(30)33)12-16-11-17(26)7-10-22(16)34-13-15-5-8-18(28)9-6-15/h2-12H,13H2,1H3,(H,29,31,33)/b19-12+. The summed E-state index contributed by atoms with van der Waals surface area (Å²) in [6.07, 6.45) is 1.31. The van der Waals surface area contributed by atoms with Crippen molar-refractivity contribution < 1.29 is 23.5 Å². The van der Waals surface area contributed by atoms with Gasteiger partial charge in [-0.05, 0) is 66.6 Å². The summed E-state index contributed by atoms with van der Waals surface area (Å²) in [5.41, 5.74) is 1.55. The SMILES string of the molecule is Cc1c(Cl)cccc1N1C(=O)NC(=O)/C(=C\c2cc(Cl)ccc2OCc2ccc(F)cc2)C1=O. The van der Waals surface area contributed by atoms with Crippen LogP contribution in [0.1, 0.15) is 16.7 Å². The summed E-state index contributed by atoms with van der Waals surface area (Å²) in [7, 11) is 0. The molecular weight excluding hydrogens is 482 g/mol.